The standard InChI is InChI=1S/C6H8FN3O/c1-11-5-2-4(3-7)9-6(8)10-5/h2H,3H2,1H3,(H2,8,9,10). The summed E-state index contributed by atoms with van der Waals surface area (Å²) in [4.78, 5) is 7.29. The van der Waals surface area contributed by atoms with Gasteiger partial charge in [-0.25, -0.2) is 9.37 Å². The van der Waals surface area contributed by atoms with E-state index in [1.807, 2.05) is 0 Å². The van der Waals surface area contributed by atoms with Gasteiger partial charge in [0.2, 0.25) is 11.8 Å². The van der Waals surface area contributed by atoms with Crippen molar-refractivity contribution in [1.82, 2.24) is 9.97 Å². The molecule has 0 bridgehead atoms. The van der Waals surface area contributed by atoms with Crippen LogP contribution in [0.15, 0.2) is 6.07 Å². The lowest BCUT2D eigenvalue weighted by atomic mass is 10.4. The first-order valence-corrected chi connectivity index (χ1v) is 2.99. The van der Waals surface area contributed by atoms with E-state index in [1.54, 1.807) is 0 Å². The number of hydrogen-bond acceptors (Lipinski definition) is 4. The SMILES string of the molecule is COc1cc(CF)nc(N)n1. The van der Waals surface area contributed by atoms with Crippen LogP contribution in [0, 0.1) is 0 Å². The van der Waals surface area contributed by atoms with Crippen LogP contribution in [0.3, 0.4) is 0 Å². The molecular formula is C6H8FN3O. The first kappa shape index (κ1) is 7.71. The van der Waals surface area contributed by atoms with Gasteiger partial charge >= 0.3 is 0 Å². The van der Waals surface area contributed by atoms with Crippen LogP contribution in [-0.2, 0) is 6.67 Å². The fourth-order valence-electron chi connectivity index (χ4n) is 0.665. The molecule has 5 heteroatoms. The Bertz CT molecular complexity index is 231. The zero-order valence-corrected chi connectivity index (χ0v) is 6.04. The molecule has 0 aliphatic heterocycles. The number of nitrogen functional groups attached to an aromatic ring is 1. The van der Waals surface area contributed by atoms with Crippen LogP contribution in [0.4, 0.5) is 10.3 Å². The van der Waals surface area contributed by atoms with Crippen molar-refractivity contribution in [2.45, 2.75) is 6.67 Å². The molecule has 0 saturated carbocycles. The summed E-state index contributed by atoms with van der Waals surface area (Å²) >= 11 is 0. The van der Waals surface area contributed by atoms with Crippen LogP contribution in [0.5, 0.6) is 5.88 Å². The van der Waals surface area contributed by atoms with Crippen LogP contribution in [-0.4, -0.2) is 17.1 Å². The van der Waals surface area contributed by atoms with Gasteiger partial charge in [-0.1, -0.05) is 0 Å². The molecule has 4 nitrogen and oxygen atoms in total. The summed E-state index contributed by atoms with van der Waals surface area (Å²) in [5, 5.41) is 0. The number of anilines is 1. The van der Waals surface area contributed by atoms with E-state index in [4.69, 9.17) is 10.5 Å². The summed E-state index contributed by atoms with van der Waals surface area (Å²) in [5.74, 6) is 0.308. The quantitative estimate of drug-likeness (QED) is 0.680. The molecule has 0 amide bonds. The van der Waals surface area contributed by atoms with Crippen LogP contribution in [0.1, 0.15) is 5.69 Å². The molecule has 0 unspecified atom stereocenters. The fraction of sp³-hybridized carbons (Fsp3) is 0.333. The zero-order valence-electron chi connectivity index (χ0n) is 6.04. The van der Waals surface area contributed by atoms with Crippen molar-refractivity contribution in [3.63, 3.8) is 0 Å². The maximum absolute atomic E-state index is 12.0. The van der Waals surface area contributed by atoms with Crippen molar-refractivity contribution in [2.24, 2.45) is 0 Å². The van der Waals surface area contributed by atoms with Gasteiger partial charge < -0.3 is 10.5 Å². The predicted octanol–water partition coefficient (Wildman–Crippen LogP) is 0.537. The molecule has 1 aromatic rings. The highest BCUT2D eigenvalue weighted by atomic mass is 19.1. The van der Waals surface area contributed by atoms with E-state index < -0.39 is 6.67 Å². The van der Waals surface area contributed by atoms with E-state index in [2.05, 4.69) is 9.97 Å². The Labute approximate surface area is 63.2 Å². The van der Waals surface area contributed by atoms with E-state index in [9.17, 15) is 4.39 Å². The number of nitrogens with two attached hydrogens (primary N) is 1. The third-order valence-electron chi connectivity index (χ3n) is 1.12. The van der Waals surface area contributed by atoms with Gasteiger partial charge in [-0.3, -0.25) is 0 Å². The number of nitrogens with zero attached hydrogens (tertiary/aromatic N) is 2. The molecule has 1 rings (SSSR count). The van der Waals surface area contributed by atoms with Crippen LogP contribution >= 0.6 is 0 Å². The molecule has 2 N–H and O–H groups in total. The minimum atomic E-state index is -0.664. The van der Waals surface area contributed by atoms with E-state index in [0.29, 0.717) is 0 Å². The number of methoxy groups -OCH3 is 1. The summed E-state index contributed by atoms with van der Waals surface area (Å²) in [6, 6.07) is 1.40. The molecule has 1 aromatic heterocycles. The normalized spacial score (nSPS) is 9.64. The minimum Gasteiger partial charge on any atom is -0.481 e. The molecule has 0 aliphatic rings. The summed E-state index contributed by atoms with van der Waals surface area (Å²) in [6.07, 6.45) is 0. The lowest BCUT2D eigenvalue weighted by Crippen LogP contribution is -2.00. The van der Waals surface area contributed by atoms with Crippen LogP contribution < -0.4 is 10.5 Å². The van der Waals surface area contributed by atoms with Gasteiger partial charge in [0, 0.05) is 6.07 Å². The van der Waals surface area contributed by atoms with Crippen LogP contribution in [0.25, 0.3) is 0 Å². The Morgan fingerprint density at radius 2 is 2.36 bits per heavy atom. The molecule has 0 aromatic carbocycles. The first-order valence-electron chi connectivity index (χ1n) is 2.99. The number of aromatic nitrogens is 2. The smallest absolute Gasteiger partial charge is 0.223 e. The molecule has 0 fully saturated rings. The lowest BCUT2D eigenvalue weighted by Gasteiger charge is -2.00. The molecule has 0 aliphatic carbocycles. The van der Waals surface area contributed by atoms with E-state index >= 15 is 0 Å². The highest BCUT2D eigenvalue weighted by molar-refractivity contribution is 5.25. The van der Waals surface area contributed by atoms with Gasteiger partial charge in [0.15, 0.2) is 0 Å². The number of hydrogen-bond donors (Lipinski definition) is 1. The van der Waals surface area contributed by atoms with Gasteiger partial charge in [-0.15, -0.1) is 0 Å². The maximum atomic E-state index is 12.0. The van der Waals surface area contributed by atoms with E-state index in [-0.39, 0.29) is 17.5 Å². The molecule has 0 spiro atoms. The highest BCUT2D eigenvalue weighted by Crippen LogP contribution is 2.10. The number of halogens is 1. The first-order chi connectivity index (χ1) is 5.26. The summed E-state index contributed by atoms with van der Waals surface area (Å²) in [6.45, 7) is -0.664. The molecule has 60 valence electrons. The molecule has 11 heavy (non-hydrogen) atoms. The Kier molecular flexibility index (Phi) is 2.20. The summed E-state index contributed by atoms with van der Waals surface area (Å²) in [7, 11) is 1.43. The summed E-state index contributed by atoms with van der Waals surface area (Å²) in [5.41, 5.74) is 5.47. The van der Waals surface area contributed by atoms with Gasteiger partial charge in [0.05, 0.1) is 12.8 Å². The Hall–Kier alpha value is -1.39. The average molecular weight is 157 g/mol. The van der Waals surface area contributed by atoms with Gasteiger partial charge in [0.1, 0.15) is 6.67 Å². The third kappa shape index (κ3) is 1.76. The number of alkyl halides is 1. The second kappa shape index (κ2) is 3.14. The lowest BCUT2D eigenvalue weighted by molar-refractivity contribution is 0.393. The number of rotatable bonds is 2. The molecule has 0 radical (unpaired) electrons. The van der Waals surface area contributed by atoms with Crippen LogP contribution in [0.2, 0.25) is 0 Å². The average Bonchev–Trinajstić information content (AvgIpc) is 2.03. The van der Waals surface area contributed by atoms with Crippen molar-refractivity contribution < 1.29 is 9.13 Å². The Morgan fingerprint density at radius 3 is 2.91 bits per heavy atom. The van der Waals surface area contributed by atoms with Crippen molar-refractivity contribution in [3.8, 4) is 5.88 Å². The van der Waals surface area contributed by atoms with Crippen molar-refractivity contribution >= 4 is 5.95 Å². The molecule has 1 heterocycles. The van der Waals surface area contributed by atoms with Crippen molar-refractivity contribution in [1.29, 1.82) is 0 Å². The fourth-order valence-corrected chi connectivity index (χ4v) is 0.665. The van der Waals surface area contributed by atoms with E-state index in [0.717, 1.165) is 0 Å². The number of ether oxygens (including phenoxy) is 1. The van der Waals surface area contributed by atoms with E-state index in [1.165, 1.54) is 13.2 Å². The Morgan fingerprint density at radius 1 is 1.64 bits per heavy atom. The maximum Gasteiger partial charge on any atom is 0.223 e. The second-order valence-electron chi connectivity index (χ2n) is 1.89. The molecular weight excluding hydrogens is 149 g/mol. The minimum absolute atomic E-state index is 0.0250. The van der Waals surface area contributed by atoms with Gasteiger partial charge in [-0.2, -0.15) is 4.98 Å². The topological polar surface area (TPSA) is 61.0 Å². The monoisotopic (exact) mass is 157 g/mol. The highest BCUT2D eigenvalue weighted by Gasteiger charge is 2.00. The molecule has 0 atom stereocenters. The summed E-state index contributed by atoms with van der Waals surface area (Å²) < 4.78 is 16.8. The van der Waals surface area contributed by atoms with Gasteiger partial charge in [-0.05, 0) is 0 Å². The third-order valence-corrected chi connectivity index (χ3v) is 1.12. The zero-order chi connectivity index (χ0) is 8.27. The van der Waals surface area contributed by atoms with Crippen molar-refractivity contribution in [3.05, 3.63) is 11.8 Å². The van der Waals surface area contributed by atoms with Gasteiger partial charge in [0.25, 0.3) is 0 Å². The largest absolute Gasteiger partial charge is 0.481 e. The Balaban J connectivity index is 3.02. The molecule has 0 saturated heterocycles. The van der Waals surface area contributed by atoms with Crippen molar-refractivity contribution in [2.75, 3.05) is 12.8 Å². The predicted molar refractivity (Wildman–Crippen MR) is 37.8 cm³/mol. The second-order valence-corrected chi connectivity index (χ2v) is 1.89.